The van der Waals surface area contributed by atoms with Gasteiger partial charge in [0.25, 0.3) is 21.6 Å². The van der Waals surface area contributed by atoms with Gasteiger partial charge < -0.3 is 25.0 Å². The number of amides is 1. The van der Waals surface area contributed by atoms with Gasteiger partial charge in [-0.25, -0.2) is 22.5 Å². The number of carbonyl (C=O) groups excluding carboxylic acids is 1. The molecule has 1 spiro atoms. The average Bonchev–Trinajstić information content (AvgIpc) is 3.75. The van der Waals surface area contributed by atoms with Crippen LogP contribution in [-0.2, 0) is 16.6 Å². The van der Waals surface area contributed by atoms with Crippen LogP contribution in [0.15, 0.2) is 108 Å². The highest BCUT2D eigenvalue weighted by atomic mass is 35.5. The highest BCUT2D eigenvalue weighted by Gasteiger charge is 2.50. The number of anilines is 2. The van der Waals surface area contributed by atoms with Crippen molar-refractivity contribution in [1.82, 2.24) is 24.5 Å². The van der Waals surface area contributed by atoms with Crippen molar-refractivity contribution in [3.05, 3.63) is 147 Å². The van der Waals surface area contributed by atoms with E-state index in [1.165, 1.54) is 29.5 Å². The molecule has 0 radical (unpaired) electrons. The molecule has 2 aliphatic heterocycles. The number of ether oxygens (including phenoxy) is 1. The van der Waals surface area contributed by atoms with E-state index in [0.29, 0.717) is 47.4 Å². The largest absolute Gasteiger partial charge is 0.455 e. The fourth-order valence-corrected chi connectivity index (χ4v) is 13.0. The van der Waals surface area contributed by atoms with Crippen molar-refractivity contribution < 1.29 is 32.4 Å². The second-order valence-corrected chi connectivity index (χ2v) is 23.7. The van der Waals surface area contributed by atoms with Crippen molar-refractivity contribution in [1.29, 1.82) is 0 Å². The Labute approximate surface area is 436 Å². The number of aromatic nitrogens is 2. The summed E-state index contributed by atoms with van der Waals surface area (Å²) >= 11 is 6.44. The summed E-state index contributed by atoms with van der Waals surface area (Å²) in [6, 6.07) is 26.7. The topological polar surface area (TPSA) is 186 Å². The van der Waals surface area contributed by atoms with Crippen LogP contribution in [0.5, 0.6) is 11.5 Å². The molecule has 2 aromatic heterocycles. The number of carbonyl (C=O) groups is 1. The van der Waals surface area contributed by atoms with E-state index < -0.39 is 37.0 Å². The summed E-state index contributed by atoms with van der Waals surface area (Å²) in [5.74, 6) is -0.274. The second kappa shape index (κ2) is 20.9. The Kier molecular flexibility index (Phi) is 14.5. The molecule has 15 nitrogen and oxygen atoms in total. The summed E-state index contributed by atoms with van der Waals surface area (Å²) in [6.45, 7) is 11.8. The number of nitro benzene ring substituents is 1. The van der Waals surface area contributed by atoms with E-state index in [0.717, 1.165) is 95.1 Å². The van der Waals surface area contributed by atoms with Gasteiger partial charge in [0.1, 0.15) is 28.7 Å². The van der Waals surface area contributed by atoms with Gasteiger partial charge in [0.05, 0.1) is 32.2 Å². The molecule has 1 atom stereocenters. The van der Waals surface area contributed by atoms with E-state index >= 15 is 0 Å². The number of aromatic amines is 1. The molecule has 2 saturated carbocycles. The van der Waals surface area contributed by atoms with E-state index in [-0.39, 0.29) is 45.9 Å². The highest BCUT2D eigenvalue weighted by Crippen LogP contribution is 2.53. The predicted octanol–water partition coefficient (Wildman–Crippen LogP) is 11.0. The molecule has 4 heterocycles. The van der Waals surface area contributed by atoms with Crippen molar-refractivity contribution in [2.75, 3.05) is 49.5 Å². The number of fused-ring (bicyclic) bond motifs is 1. The number of nitrogens with zero attached hydrogens (tertiary/aromatic N) is 5. The summed E-state index contributed by atoms with van der Waals surface area (Å²) in [7, 11) is -4.62. The van der Waals surface area contributed by atoms with Crippen LogP contribution in [-0.4, -0.2) is 95.0 Å². The molecular formula is C56H64ClFN8O7S. The minimum atomic E-state index is -4.62. The molecule has 390 valence electrons. The van der Waals surface area contributed by atoms with E-state index in [1.807, 2.05) is 12.1 Å². The first-order valence-electron chi connectivity index (χ1n) is 25.7. The smallest absolute Gasteiger partial charge is 0.293 e. The molecule has 4 fully saturated rings. The predicted molar refractivity (Wildman–Crippen MR) is 285 cm³/mol. The van der Waals surface area contributed by atoms with Crippen LogP contribution in [0.4, 0.5) is 21.5 Å². The van der Waals surface area contributed by atoms with Gasteiger partial charge in [0, 0.05) is 87.3 Å². The summed E-state index contributed by atoms with van der Waals surface area (Å²) in [6.07, 6.45) is 10.0. The Balaban J connectivity index is 0.840. The molecule has 6 aromatic rings. The first kappa shape index (κ1) is 51.4. The summed E-state index contributed by atoms with van der Waals surface area (Å²) in [5, 5.41) is 26.7. The fraction of sp³-hybridized carbons (Fsp3) is 0.429. The van der Waals surface area contributed by atoms with Crippen LogP contribution in [0, 0.1) is 27.3 Å². The van der Waals surface area contributed by atoms with Crippen LogP contribution in [0.2, 0.25) is 5.02 Å². The van der Waals surface area contributed by atoms with Gasteiger partial charge >= 0.3 is 0 Å². The molecule has 0 unspecified atom stereocenters. The number of nitrogens with one attached hydrogen (secondary N) is 3. The summed E-state index contributed by atoms with van der Waals surface area (Å²) < 4.78 is 50.0. The zero-order chi connectivity index (χ0) is 51.9. The van der Waals surface area contributed by atoms with Gasteiger partial charge in [-0.05, 0) is 135 Å². The minimum Gasteiger partial charge on any atom is -0.455 e. The van der Waals surface area contributed by atoms with Gasteiger partial charge in [-0.2, -0.15) is 0 Å². The normalized spacial score (nSPS) is 21.7. The number of piperidine rings is 1. The zero-order valence-corrected chi connectivity index (χ0v) is 43.6. The van der Waals surface area contributed by atoms with Crippen molar-refractivity contribution >= 4 is 55.6 Å². The molecule has 10 rings (SSSR count). The SMILES string of the molecule is CC(C)c1ccccc1[C@@H]1CN(Cc2ccc(F)cc2)CCN1C1CC2(CCN(c3ccc(C(=O)NS(=O)(=O)c4ccc(NCC5CCC(C)(O)CC5)c([N+](=O)[O-])c4)c(Oc4cnc5[nH]cc(Cl)c5c4)c3)CC2)C1. The number of sulfonamides is 1. The van der Waals surface area contributed by atoms with E-state index in [9.17, 15) is 32.8 Å². The number of halogens is 2. The third kappa shape index (κ3) is 11.1. The lowest BCUT2D eigenvalue weighted by atomic mass is 9.59. The molecule has 2 saturated heterocycles. The van der Waals surface area contributed by atoms with Crippen LogP contribution in [0.3, 0.4) is 0 Å². The van der Waals surface area contributed by atoms with Crippen LogP contribution >= 0.6 is 11.6 Å². The number of piperazine rings is 1. The standard InChI is InChI=1S/C56H64ClFN8O7S/c1-36(2)44-6-4-5-7-45(44)51-35-63(34-38-8-10-39(58)11-9-38)24-25-65(51)41-29-56(30-41)20-22-64(23-21-56)40-12-14-46(52(26-40)73-42-27-47-48(57)33-61-53(47)60-32-42)54(67)62-74(71,72)43-13-15-49(50(28-43)66(69)70)59-31-37-16-18-55(3,68)19-17-37/h4-15,26-28,32-33,36-37,41,51,59,68H,16-25,29-31,34-35H2,1-3H3,(H,60,61)(H,62,67)/t37?,51-,55?/m0/s1. The van der Waals surface area contributed by atoms with Gasteiger partial charge in [-0.15, -0.1) is 0 Å². The second-order valence-electron chi connectivity index (χ2n) is 21.6. The maximum Gasteiger partial charge on any atom is 0.293 e. The van der Waals surface area contributed by atoms with Crippen molar-refractivity contribution in [2.45, 2.75) is 107 Å². The number of benzene rings is 4. The van der Waals surface area contributed by atoms with Gasteiger partial charge in [0.15, 0.2) is 0 Å². The third-order valence-electron chi connectivity index (χ3n) is 16.2. The number of H-pyrrole nitrogens is 1. The summed E-state index contributed by atoms with van der Waals surface area (Å²) in [5.41, 5.74) is 4.33. The average molecular weight is 1050 g/mol. The molecular weight excluding hydrogens is 983 g/mol. The van der Waals surface area contributed by atoms with E-state index in [2.05, 4.69) is 72.8 Å². The Hall–Kier alpha value is -6.11. The molecule has 74 heavy (non-hydrogen) atoms. The highest BCUT2D eigenvalue weighted by molar-refractivity contribution is 7.90. The van der Waals surface area contributed by atoms with Crippen molar-refractivity contribution in [3.8, 4) is 11.5 Å². The Bertz CT molecular complexity index is 3140. The molecule has 4 aliphatic rings. The number of rotatable bonds is 15. The zero-order valence-electron chi connectivity index (χ0n) is 42.0. The lowest BCUT2D eigenvalue weighted by Crippen LogP contribution is -2.60. The van der Waals surface area contributed by atoms with Crippen molar-refractivity contribution in [3.63, 3.8) is 0 Å². The molecule has 4 aromatic carbocycles. The first-order valence-corrected chi connectivity index (χ1v) is 27.6. The molecule has 4 N–H and O–H groups in total. The maximum atomic E-state index is 14.1. The minimum absolute atomic E-state index is 0.0708. The van der Waals surface area contributed by atoms with Gasteiger partial charge in [0.2, 0.25) is 0 Å². The van der Waals surface area contributed by atoms with E-state index in [4.69, 9.17) is 16.3 Å². The lowest BCUT2D eigenvalue weighted by Gasteiger charge is -2.58. The molecule has 0 bridgehead atoms. The third-order valence-corrected chi connectivity index (χ3v) is 17.8. The Morgan fingerprint density at radius 1 is 0.986 bits per heavy atom. The quantitative estimate of drug-likeness (QED) is 0.0564. The molecule has 1 amide bonds. The monoisotopic (exact) mass is 1050 g/mol. The molecule has 2 aliphatic carbocycles. The number of nitro groups is 1. The number of pyridine rings is 1. The Morgan fingerprint density at radius 2 is 1.73 bits per heavy atom. The Morgan fingerprint density at radius 3 is 2.46 bits per heavy atom. The number of hydrogen-bond donors (Lipinski definition) is 4. The fourth-order valence-electron chi connectivity index (χ4n) is 11.8. The number of aliphatic hydroxyl groups is 1. The van der Waals surface area contributed by atoms with Crippen molar-refractivity contribution in [2.24, 2.45) is 11.3 Å². The van der Waals surface area contributed by atoms with Gasteiger partial charge in [-0.3, -0.25) is 24.7 Å². The maximum absolute atomic E-state index is 14.1. The molecule has 18 heteroatoms. The first-order chi connectivity index (χ1) is 35.4. The number of hydrogen-bond acceptors (Lipinski definition) is 12. The van der Waals surface area contributed by atoms with Crippen LogP contribution in [0.25, 0.3) is 11.0 Å². The van der Waals surface area contributed by atoms with Crippen LogP contribution in [0.1, 0.15) is 111 Å². The van der Waals surface area contributed by atoms with Gasteiger partial charge in [-0.1, -0.05) is 61.8 Å². The van der Waals surface area contributed by atoms with Crippen LogP contribution < -0.4 is 19.7 Å². The summed E-state index contributed by atoms with van der Waals surface area (Å²) in [4.78, 5) is 40.2. The van der Waals surface area contributed by atoms with E-state index in [1.54, 1.807) is 49.5 Å². The lowest BCUT2D eigenvalue weighted by molar-refractivity contribution is -0.384.